The molecule has 0 spiro atoms. The fourth-order valence-electron chi connectivity index (χ4n) is 2.90. The van der Waals surface area contributed by atoms with Crippen LogP contribution in [0.25, 0.3) is 0 Å². The molecule has 0 radical (unpaired) electrons. The van der Waals surface area contributed by atoms with Gasteiger partial charge in [-0.3, -0.25) is 25.2 Å². The van der Waals surface area contributed by atoms with Crippen molar-refractivity contribution in [3.05, 3.63) is 95.1 Å². The van der Waals surface area contributed by atoms with Crippen molar-refractivity contribution in [3.8, 4) is 5.75 Å². The average molecular weight is 417 g/mol. The van der Waals surface area contributed by atoms with E-state index in [0.717, 1.165) is 11.1 Å². The maximum Gasteiger partial charge on any atom is 0.276 e. The third kappa shape index (κ3) is 5.93. The second-order valence-corrected chi connectivity index (χ2v) is 6.91. The largest absolute Gasteiger partial charge is 0.483 e. The lowest BCUT2D eigenvalue weighted by Crippen LogP contribution is -2.43. The average Bonchev–Trinajstić information content (AvgIpc) is 2.78. The van der Waals surface area contributed by atoms with Crippen molar-refractivity contribution in [2.24, 2.45) is 0 Å². The van der Waals surface area contributed by atoms with Gasteiger partial charge in [-0.1, -0.05) is 36.4 Å². The molecular weight excluding hydrogens is 394 g/mol. The molecule has 3 rings (SSSR count). The van der Waals surface area contributed by atoms with Gasteiger partial charge in [-0.15, -0.1) is 0 Å². The lowest BCUT2D eigenvalue weighted by molar-refractivity contribution is -0.123. The number of benzene rings is 3. The van der Waals surface area contributed by atoms with E-state index in [-0.39, 0.29) is 12.5 Å². The molecule has 0 bridgehead atoms. The Hall–Kier alpha value is -4.13. The molecule has 3 N–H and O–H groups in total. The van der Waals surface area contributed by atoms with Crippen molar-refractivity contribution in [1.82, 2.24) is 10.9 Å². The first kappa shape index (κ1) is 21.6. The van der Waals surface area contributed by atoms with E-state index in [0.29, 0.717) is 22.6 Å². The van der Waals surface area contributed by atoms with Gasteiger partial charge >= 0.3 is 0 Å². The Bertz CT molecular complexity index is 1060. The number of carbonyl (C=O) groups excluding carboxylic acids is 3. The Balaban J connectivity index is 1.48. The van der Waals surface area contributed by atoms with Gasteiger partial charge < -0.3 is 10.1 Å². The topological polar surface area (TPSA) is 96.5 Å². The molecule has 0 aromatic heterocycles. The molecule has 0 aliphatic heterocycles. The Kier molecular flexibility index (Phi) is 7.01. The van der Waals surface area contributed by atoms with Crippen LogP contribution < -0.4 is 20.9 Å². The van der Waals surface area contributed by atoms with Gasteiger partial charge in [-0.2, -0.15) is 0 Å². The zero-order chi connectivity index (χ0) is 22.2. The molecule has 31 heavy (non-hydrogen) atoms. The number of rotatable bonds is 6. The summed E-state index contributed by atoms with van der Waals surface area (Å²) in [7, 11) is 0. The second kappa shape index (κ2) is 10.1. The minimum atomic E-state index is -0.485. The van der Waals surface area contributed by atoms with E-state index in [1.54, 1.807) is 48.5 Å². The molecule has 158 valence electrons. The van der Waals surface area contributed by atoms with Crippen LogP contribution in [0.4, 0.5) is 5.69 Å². The summed E-state index contributed by atoms with van der Waals surface area (Å²) in [5, 5.41) is 2.76. The summed E-state index contributed by atoms with van der Waals surface area (Å²) < 4.78 is 5.55. The number of carbonyl (C=O) groups is 3. The molecule has 0 fully saturated rings. The summed E-state index contributed by atoms with van der Waals surface area (Å²) in [6, 6.07) is 20.9. The predicted octanol–water partition coefficient (Wildman–Crippen LogP) is 3.40. The minimum Gasteiger partial charge on any atom is -0.483 e. The van der Waals surface area contributed by atoms with Crippen LogP contribution in [0, 0.1) is 13.8 Å². The van der Waals surface area contributed by atoms with Crippen LogP contribution in [-0.4, -0.2) is 24.3 Å². The van der Waals surface area contributed by atoms with Crippen LogP contribution >= 0.6 is 0 Å². The number of ether oxygens (including phenoxy) is 1. The summed E-state index contributed by atoms with van der Waals surface area (Å²) in [6.07, 6.45) is 0. The molecule has 0 aliphatic rings. The SMILES string of the molecule is Cc1cccc(C)c1OCC(=O)NNC(=O)c1ccc(NC(=O)c2ccccc2)cc1. The van der Waals surface area contributed by atoms with Gasteiger partial charge in [0.2, 0.25) is 0 Å². The van der Waals surface area contributed by atoms with Crippen molar-refractivity contribution in [2.75, 3.05) is 11.9 Å². The second-order valence-electron chi connectivity index (χ2n) is 6.91. The molecule has 0 heterocycles. The molecule has 0 aliphatic carbocycles. The molecule has 0 saturated carbocycles. The number of amides is 3. The summed E-state index contributed by atoms with van der Waals surface area (Å²) in [5.74, 6) is -0.560. The molecule has 3 aromatic carbocycles. The Labute approximate surface area is 180 Å². The molecule has 0 unspecified atom stereocenters. The van der Waals surface area contributed by atoms with Gasteiger partial charge in [-0.05, 0) is 61.4 Å². The van der Waals surface area contributed by atoms with Crippen molar-refractivity contribution in [3.63, 3.8) is 0 Å². The highest BCUT2D eigenvalue weighted by molar-refractivity contribution is 6.04. The van der Waals surface area contributed by atoms with Crippen molar-refractivity contribution in [1.29, 1.82) is 0 Å². The van der Waals surface area contributed by atoms with Gasteiger partial charge in [0.15, 0.2) is 6.61 Å². The van der Waals surface area contributed by atoms with Crippen LogP contribution in [0.3, 0.4) is 0 Å². The Morgan fingerprint density at radius 2 is 1.32 bits per heavy atom. The molecule has 0 saturated heterocycles. The van der Waals surface area contributed by atoms with Crippen LogP contribution in [0.5, 0.6) is 5.75 Å². The highest BCUT2D eigenvalue weighted by Gasteiger charge is 2.11. The van der Waals surface area contributed by atoms with Crippen LogP contribution in [0.2, 0.25) is 0 Å². The summed E-state index contributed by atoms with van der Waals surface area (Å²) >= 11 is 0. The molecular formula is C24H23N3O4. The number of hydrogen-bond acceptors (Lipinski definition) is 4. The lowest BCUT2D eigenvalue weighted by Gasteiger charge is -2.12. The smallest absolute Gasteiger partial charge is 0.276 e. The van der Waals surface area contributed by atoms with E-state index >= 15 is 0 Å². The van der Waals surface area contributed by atoms with E-state index < -0.39 is 11.8 Å². The van der Waals surface area contributed by atoms with Crippen molar-refractivity contribution in [2.45, 2.75) is 13.8 Å². The maximum absolute atomic E-state index is 12.2. The number of para-hydroxylation sites is 1. The standard InChI is InChI=1S/C24H23N3O4/c1-16-7-6-8-17(2)22(16)31-15-21(28)26-27-24(30)19-11-13-20(14-12-19)25-23(29)18-9-4-3-5-10-18/h3-14H,15H2,1-2H3,(H,25,29)(H,26,28)(H,27,30). The van der Waals surface area contributed by atoms with E-state index in [1.807, 2.05) is 38.1 Å². The van der Waals surface area contributed by atoms with E-state index in [9.17, 15) is 14.4 Å². The number of hydrazine groups is 1. The zero-order valence-electron chi connectivity index (χ0n) is 17.3. The van der Waals surface area contributed by atoms with Gasteiger partial charge in [-0.25, -0.2) is 0 Å². The quantitative estimate of drug-likeness (QED) is 0.536. The number of anilines is 1. The Morgan fingerprint density at radius 3 is 1.97 bits per heavy atom. The first-order valence-electron chi connectivity index (χ1n) is 9.68. The van der Waals surface area contributed by atoms with E-state index in [1.165, 1.54) is 0 Å². The number of hydrogen-bond donors (Lipinski definition) is 3. The van der Waals surface area contributed by atoms with Crippen LogP contribution in [-0.2, 0) is 4.79 Å². The van der Waals surface area contributed by atoms with Crippen molar-refractivity contribution >= 4 is 23.4 Å². The van der Waals surface area contributed by atoms with E-state index in [2.05, 4.69) is 16.2 Å². The molecule has 3 aromatic rings. The van der Waals surface area contributed by atoms with E-state index in [4.69, 9.17) is 4.74 Å². The highest BCUT2D eigenvalue weighted by atomic mass is 16.5. The van der Waals surface area contributed by atoms with Crippen LogP contribution in [0.15, 0.2) is 72.8 Å². The lowest BCUT2D eigenvalue weighted by atomic mass is 10.1. The minimum absolute atomic E-state index is 0.226. The third-order valence-electron chi connectivity index (χ3n) is 4.51. The maximum atomic E-state index is 12.2. The Morgan fingerprint density at radius 1 is 0.710 bits per heavy atom. The normalized spacial score (nSPS) is 10.1. The first-order chi connectivity index (χ1) is 14.9. The molecule has 0 atom stereocenters. The fraction of sp³-hybridized carbons (Fsp3) is 0.125. The summed E-state index contributed by atoms with van der Waals surface area (Å²) in [5.41, 5.74) is 7.94. The summed E-state index contributed by atoms with van der Waals surface area (Å²) in [6.45, 7) is 3.57. The predicted molar refractivity (Wildman–Crippen MR) is 118 cm³/mol. The fourth-order valence-corrected chi connectivity index (χ4v) is 2.90. The van der Waals surface area contributed by atoms with Crippen molar-refractivity contribution < 1.29 is 19.1 Å². The van der Waals surface area contributed by atoms with Gasteiger partial charge in [0.1, 0.15) is 5.75 Å². The number of aryl methyl sites for hydroxylation is 2. The molecule has 3 amide bonds. The van der Waals surface area contributed by atoms with Crippen LogP contribution in [0.1, 0.15) is 31.8 Å². The highest BCUT2D eigenvalue weighted by Crippen LogP contribution is 2.22. The van der Waals surface area contributed by atoms with Gasteiger partial charge in [0, 0.05) is 16.8 Å². The van der Waals surface area contributed by atoms with Gasteiger partial charge in [0.25, 0.3) is 17.7 Å². The monoisotopic (exact) mass is 417 g/mol. The summed E-state index contributed by atoms with van der Waals surface area (Å²) in [4.78, 5) is 36.4. The molecule has 7 heteroatoms. The first-order valence-corrected chi connectivity index (χ1v) is 9.68. The number of nitrogens with one attached hydrogen (secondary N) is 3. The third-order valence-corrected chi connectivity index (χ3v) is 4.51. The van der Waals surface area contributed by atoms with Gasteiger partial charge in [0.05, 0.1) is 0 Å². The molecule has 7 nitrogen and oxygen atoms in total. The zero-order valence-corrected chi connectivity index (χ0v) is 17.3.